The van der Waals surface area contributed by atoms with E-state index in [4.69, 9.17) is 18.9 Å². The van der Waals surface area contributed by atoms with E-state index >= 15 is 0 Å². The van der Waals surface area contributed by atoms with Crippen molar-refractivity contribution in [1.29, 1.82) is 0 Å². The molecule has 1 saturated heterocycles. The van der Waals surface area contributed by atoms with E-state index in [0.717, 1.165) is 55.8 Å². The van der Waals surface area contributed by atoms with Crippen molar-refractivity contribution in [3.63, 3.8) is 0 Å². The van der Waals surface area contributed by atoms with Crippen LogP contribution in [0.3, 0.4) is 0 Å². The van der Waals surface area contributed by atoms with E-state index in [9.17, 15) is 28.8 Å². The number of amides is 2. The number of aromatic nitrogens is 1. The van der Waals surface area contributed by atoms with Gasteiger partial charge in [0.2, 0.25) is 11.6 Å². The zero-order chi connectivity index (χ0) is 38.5. The van der Waals surface area contributed by atoms with Gasteiger partial charge in [-0.2, -0.15) is 0 Å². The molecule has 14 heteroatoms. The number of nitrogens with zero attached hydrogens (tertiary/aromatic N) is 4. The standard InChI is InChI=1S/C40H46N4O10/c1-6-14-43-16-13-40-26-10-11-28(46)37(40)54-36-30(12-9-24(33(36)40)20-27(26)43)53-39(50)42(4)18-17-41(3)38(49)52-22-25-23(2)44(15-7-8-19-45)34-29(47)21-31(51-5)35(48)32(25)34/h6,9,12,19,21,26-27,37H,1,7-8,10-11,13-18,20,22H2,2-5H3/t26-,27+,37-,40-/m0/s1. The second kappa shape index (κ2) is 14.5. The van der Waals surface area contributed by atoms with Gasteiger partial charge in [0.25, 0.3) is 0 Å². The lowest BCUT2D eigenvalue weighted by molar-refractivity contribution is -0.138. The van der Waals surface area contributed by atoms with E-state index in [1.807, 2.05) is 12.1 Å². The summed E-state index contributed by atoms with van der Waals surface area (Å²) < 4.78 is 24.8. The van der Waals surface area contributed by atoms with E-state index in [1.165, 1.54) is 24.0 Å². The third-order valence-corrected chi connectivity index (χ3v) is 12.0. The highest BCUT2D eigenvalue weighted by Gasteiger charge is 2.66. The normalized spacial score (nSPS) is 23.4. The smallest absolute Gasteiger partial charge is 0.415 e. The second-order valence-corrected chi connectivity index (χ2v) is 14.8. The van der Waals surface area contributed by atoms with Gasteiger partial charge >= 0.3 is 12.2 Å². The van der Waals surface area contributed by atoms with Crippen molar-refractivity contribution in [3.05, 3.63) is 70.3 Å². The number of hydrogen-bond donors (Lipinski definition) is 0. The number of fused-ring (bicyclic) bond motifs is 1. The van der Waals surface area contributed by atoms with Gasteiger partial charge in [0.05, 0.1) is 12.7 Å². The summed E-state index contributed by atoms with van der Waals surface area (Å²) in [5.74, 6) is 0.101. The SMILES string of the molecule is C=CCN1CC[C@]23c4c5ccc(OC(=O)N(C)CCN(C)C(=O)OCc6c7c(n(CCCC=O)c6C)C(=O)C=C(OC)C7=O)c4O[C@H]2C(=O)CC[C@H]3[C@H]1C5. The van der Waals surface area contributed by atoms with Crippen molar-refractivity contribution in [2.45, 2.75) is 76.2 Å². The van der Waals surface area contributed by atoms with Gasteiger partial charge in [0, 0.05) is 87.5 Å². The number of hydrogen-bond acceptors (Lipinski definition) is 11. The number of piperidine rings is 1. The van der Waals surface area contributed by atoms with Crippen molar-refractivity contribution in [2.75, 3.05) is 47.4 Å². The fourth-order valence-electron chi connectivity index (χ4n) is 9.38. The summed E-state index contributed by atoms with van der Waals surface area (Å²) in [5, 5.41) is 0. The molecule has 286 valence electrons. The molecule has 1 spiro atoms. The first-order valence-electron chi connectivity index (χ1n) is 18.5. The molecule has 2 aromatic rings. The molecule has 2 amide bonds. The van der Waals surface area contributed by atoms with Crippen LogP contribution in [0.5, 0.6) is 11.5 Å². The second-order valence-electron chi connectivity index (χ2n) is 14.8. The van der Waals surface area contributed by atoms with Crippen LogP contribution >= 0.6 is 0 Å². The van der Waals surface area contributed by atoms with Gasteiger partial charge in [0.1, 0.15) is 18.6 Å². The van der Waals surface area contributed by atoms with Gasteiger partial charge in [-0.25, -0.2) is 9.59 Å². The van der Waals surface area contributed by atoms with Crippen LogP contribution in [0.4, 0.5) is 9.59 Å². The molecule has 7 rings (SSSR count). The molecule has 3 aliphatic carbocycles. The van der Waals surface area contributed by atoms with Crippen LogP contribution in [0.15, 0.2) is 36.6 Å². The lowest BCUT2D eigenvalue weighted by Crippen LogP contribution is -2.66. The van der Waals surface area contributed by atoms with Crippen LogP contribution in [0.2, 0.25) is 0 Å². The largest absolute Gasteiger partial charge is 0.492 e. The average Bonchev–Trinajstić information content (AvgIpc) is 3.66. The molecule has 54 heavy (non-hydrogen) atoms. The third kappa shape index (κ3) is 5.91. The maximum atomic E-state index is 13.4. The Bertz CT molecular complexity index is 1980. The first-order chi connectivity index (χ1) is 26.0. The molecule has 1 saturated carbocycles. The number of Topliss-reactive ketones (excluding diaryl/α,β-unsaturated/α-hetero) is 2. The Morgan fingerprint density at radius 1 is 1.13 bits per heavy atom. The first-order valence-corrected chi connectivity index (χ1v) is 18.5. The van der Waals surface area contributed by atoms with Crippen LogP contribution in [-0.4, -0.2) is 115 Å². The molecule has 5 aliphatic rings. The van der Waals surface area contributed by atoms with Gasteiger partial charge in [-0.15, -0.1) is 6.58 Å². The Morgan fingerprint density at radius 2 is 1.89 bits per heavy atom. The number of aldehydes is 1. The molecule has 1 aromatic carbocycles. The van der Waals surface area contributed by atoms with E-state index in [-0.39, 0.29) is 60.6 Å². The highest BCUT2D eigenvalue weighted by molar-refractivity contribution is 6.24. The van der Waals surface area contributed by atoms with E-state index in [2.05, 4.69) is 11.5 Å². The quantitative estimate of drug-likeness (QED) is 0.165. The number of methoxy groups -OCH3 is 1. The van der Waals surface area contributed by atoms with Gasteiger partial charge < -0.3 is 38.1 Å². The Kier molecular flexibility index (Phi) is 9.98. The van der Waals surface area contributed by atoms with Gasteiger partial charge in [-0.3, -0.25) is 19.3 Å². The Morgan fingerprint density at radius 3 is 2.61 bits per heavy atom. The molecule has 1 aromatic heterocycles. The first kappa shape index (κ1) is 37.1. The Labute approximate surface area is 313 Å². The van der Waals surface area contributed by atoms with Crippen molar-refractivity contribution in [1.82, 2.24) is 19.3 Å². The molecule has 2 aliphatic heterocycles. The molecule has 0 radical (unpaired) electrons. The van der Waals surface area contributed by atoms with Crippen LogP contribution in [0.25, 0.3) is 0 Å². The highest BCUT2D eigenvalue weighted by atomic mass is 16.6. The fourth-order valence-corrected chi connectivity index (χ4v) is 9.38. The molecule has 0 unspecified atom stereocenters. The number of likely N-dealkylation sites (N-methyl/N-ethyl adjacent to an activating group) is 2. The van der Waals surface area contributed by atoms with Crippen molar-refractivity contribution in [3.8, 4) is 11.5 Å². The van der Waals surface area contributed by atoms with Gasteiger partial charge in [-0.1, -0.05) is 12.1 Å². The molecular formula is C40H46N4O10. The molecule has 2 bridgehead atoms. The van der Waals surface area contributed by atoms with E-state index in [1.54, 1.807) is 24.6 Å². The number of likely N-dealkylation sites (tertiary alicyclic amines) is 1. The highest BCUT2D eigenvalue weighted by Crippen LogP contribution is 2.63. The zero-order valence-corrected chi connectivity index (χ0v) is 31.2. The number of benzene rings is 1. The summed E-state index contributed by atoms with van der Waals surface area (Å²) >= 11 is 0. The van der Waals surface area contributed by atoms with Gasteiger partial charge in [-0.05, 0) is 56.7 Å². The van der Waals surface area contributed by atoms with Crippen LogP contribution < -0.4 is 9.47 Å². The summed E-state index contributed by atoms with van der Waals surface area (Å²) in [6.07, 6.45) is 5.56. The molecule has 4 atom stereocenters. The summed E-state index contributed by atoms with van der Waals surface area (Å²) in [5.41, 5.74) is 2.96. The van der Waals surface area contributed by atoms with Crippen molar-refractivity contribution >= 4 is 35.8 Å². The fraction of sp³-hybridized carbons (Fsp3) is 0.500. The topological polar surface area (TPSA) is 154 Å². The summed E-state index contributed by atoms with van der Waals surface area (Å²) in [6.45, 7) is 7.56. The minimum atomic E-state index is -0.703. The predicted molar refractivity (Wildman–Crippen MR) is 194 cm³/mol. The minimum Gasteiger partial charge on any atom is -0.492 e. The maximum Gasteiger partial charge on any atom is 0.415 e. The number of carbonyl (C=O) groups excluding carboxylic acids is 6. The van der Waals surface area contributed by atoms with Crippen molar-refractivity contribution in [2.24, 2.45) is 5.92 Å². The average molecular weight is 743 g/mol. The number of ether oxygens (including phenoxy) is 4. The summed E-state index contributed by atoms with van der Waals surface area (Å²) in [4.78, 5) is 82.2. The number of ketones is 3. The van der Waals surface area contributed by atoms with E-state index < -0.39 is 35.3 Å². The Balaban J connectivity index is 1.00. The monoisotopic (exact) mass is 742 g/mol. The third-order valence-electron chi connectivity index (χ3n) is 12.0. The molecule has 3 heterocycles. The van der Waals surface area contributed by atoms with Crippen LogP contribution in [-0.2, 0) is 44.1 Å². The minimum absolute atomic E-state index is 0.0920. The Hall–Kier alpha value is -5.24. The van der Waals surface area contributed by atoms with Gasteiger partial charge in [0.15, 0.2) is 29.1 Å². The number of unbranched alkanes of at least 4 members (excludes halogenated alkanes) is 1. The maximum absolute atomic E-state index is 13.4. The summed E-state index contributed by atoms with van der Waals surface area (Å²) in [6, 6.07) is 4.03. The predicted octanol–water partition coefficient (Wildman–Crippen LogP) is 4.18. The molecular weight excluding hydrogens is 696 g/mol. The molecule has 14 nitrogen and oxygen atoms in total. The lowest BCUT2D eigenvalue weighted by Gasteiger charge is -2.57. The zero-order valence-electron chi connectivity index (χ0n) is 31.2. The van der Waals surface area contributed by atoms with E-state index in [0.29, 0.717) is 42.4 Å². The van der Waals surface area contributed by atoms with Crippen LogP contribution in [0.1, 0.15) is 75.3 Å². The molecule has 2 fully saturated rings. The summed E-state index contributed by atoms with van der Waals surface area (Å²) in [7, 11) is 4.39. The lowest BCUT2D eigenvalue weighted by atomic mass is 9.51. The number of allylic oxidation sites excluding steroid dienone is 2. The number of carbonyl (C=O) groups is 6. The van der Waals surface area contributed by atoms with Crippen molar-refractivity contribution < 1.29 is 47.7 Å². The number of rotatable bonds is 13. The van der Waals surface area contributed by atoms with Crippen LogP contribution in [0, 0.1) is 12.8 Å². The molecule has 0 N–H and O–H groups in total.